The third kappa shape index (κ3) is 2.76. The predicted octanol–water partition coefficient (Wildman–Crippen LogP) is 2.68. The Balaban J connectivity index is 1.59. The highest BCUT2D eigenvalue weighted by Crippen LogP contribution is 2.33. The molecule has 0 fully saturated rings. The minimum absolute atomic E-state index is 0.147. The van der Waals surface area contributed by atoms with Crippen molar-refractivity contribution in [2.24, 2.45) is 0 Å². The van der Waals surface area contributed by atoms with E-state index in [-0.39, 0.29) is 10.6 Å². The Hall–Kier alpha value is -2.74. The van der Waals surface area contributed by atoms with E-state index in [0.29, 0.717) is 41.9 Å². The molecule has 1 aliphatic heterocycles. The number of benzene rings is 1. The van der Waals surface area contributed by atoms with Crippen LogP contribution in [-0.2, 0) is 15.6 Å². The average molecular weight is 347 g/mol. The van der Waals surface area contributed by atoms with Gasteiger partial charge < -0.3 is 18.4 Å². The van der Waals surface area contributed by atoms with Crippen molar-refractivity contribution in [3.63, 3.8) is 0 Å². The summed E-state index contributed by atoms with van der Waals surface area (Å²) in [5.74, 6) is 1.56. The highest BCUT2D eigenvalue weighted by Gasteiger charge is 2.22. The van der Waals surface area contributed by atoms with E-state index in [1.807, 2.05) is 0 Å². The summed E-state index contributed by atoms with van der Waals surface area (Å²) < 4.78 is 46.3. The maximum Gasteiger partial charge on any atom is 0.202 e. The van der Waals surface area contributed by atoms with Crippen molar-refractivity contribution in [2.45, 2.75) is 10.6 Å². The number of furan rings is 1. The molecule has 0 bridgehead atoms. The lowest BCUT2D eigenvalue weighted by atomic mass is 10.3. The van der Waals surface area contributed by atoms with Gasteiger partial charge in [-0.15, -0.1) is 0 Å². The molecule has 1 aromatic carbocycles. The van der Waals surface area contributed by atoms with Gasteiger partial charge in [0.15, 0.2) is 27.1 Å². The number of aromatic nitrogens is 1. The van der Waals surface area contributed by atoms with Crippen molar-refractivity contribution in [3.05, 3.63) is 48.4 Å². The van der Waals surface area contributed by atoms with Gasteiger partial charge in [-0.3, -0.25) is 0 Å². The molecule has 124 valence electrons. The van der Waals surface area contributed by atoms with Gasteiger partial charge in [-0.1, -0.05) is 5.16 Å². The lowest BCUT2D eigenvalue weighted by Crippen LogP contribution is -2.16. The topological polar surface area (TPSA) is 91.8 Å². The van der Waals surface area contributed by atoms with Crippen LogP contribution in [0, 0.1) is 0 Å². The van der Waals surface area contributed by atoms with E-state index in [9.17, 15) is 8.42 Å². The van der Waals surface area contributed by atoms with Gasteiger partial charge in [-0.05, 0) is 24.3 Å². The van der Waals surface area contributed by atoms with Crippen LogP contribution in [0.4, 0.5) is 0 Å². The first-order valence-electron chi connectivity index (χ1n) is 7.24. The van der Waals surface area contributed by atoms with Crippen LogP contribution >= 0.6 is 0 Å². The second kappa shape index (κ2) is 5.72. The molecular formula is C16H13NO6S. The standard InChI is InChI=1S/C16H13NO6S/c18-24(19,12-3-4-14-15(9-12)22-7-6-21-14)10-11-8-16(23-17-11)13-2-1-5-20-13/h1-5,8-9H,6-7,10H2. The van der Waals surface area contributed by atoms with Crippen molar-refractivity contribution < 1.29 is 26.8 Å². The van der Waals surface area contributed by atoms with Crippen molar-refractivity contribution in [1.82, 2.24) is 5.16 Å². The van der Waals surface area contributed by atoms with Gasteiger partial charge in [0.25, 0.3) is 0 Å². The van der Waals surface area contributed by atoms with E-state index in [1.165, 1.54) is 18.4 Å². The lowest BCUT2D eigenvalue weighted by Gasteiger charge is -2.18. The molecule has 24 heavy (non-hydrogen) atoms. The van der Waals surface area contributed by atoms with Crippen molar-refractivity contribution in [2.75, 3.05) is 13.2 Å². The molecule has 2 aromatic heterocycles. The van der Waals surface area contributed by atoms with E-state index in [0.717, 1.165) is 0 Å². The van der Waals surface area contributed by atoms with E-state index >= 15 is 0 Å². The quantitative estimate of drug-likeness (QED) is 0.716. The van der Waals surface area contributed by atoms with Crippen LogP contribution in [0.3, 0.4) is 0 Å². The molecule has 0 N–H and O–H groups in total. The first kappa shape index (κ1) is 14.8. The Morgan fingerprint density at radius 3 is 2.62 bits per heavy atom. The van der Waals surface area contributed by atoms with Crippen molar-refractivity contribution in [1.29, 1.82) is 0 Å². The van der Waals surface area contributed by atoms with Gasteiger partial charge >= 0.3 is 0 Å². The largest absolute Gasteiger partial charge is 0.486 e. The number of fused-ring (bicyclic) bond motifs is 1. The zero-order chi connectivity index (χ0) is 16.6. The molecule has 3 heterocycles. The minimum atomic E-state index is -3.59. The highest BCUT2D eigenvalue weighted by molar-refractivity contribution is 7.90. The van der Waals surface area contributed by atoms with Gasteiger partial charge in [-0.25, -0.2) is 8.42 Å². The first-order chi connectivity index (χ1) is 11.6. The molecule has 0 saturated heterocycles. The number of ether oxygens (including phenoxy) is 2. The van der Waals surface area contributed by atoms with Gasteiger partial charge in [0.05, 0.1) is 16.9 Å². The molecule has 0 amide bonds. The maximum absolute atomic E-state index is 12.6. The maximum atomic E-state index is 12.6. The Kier molecular flexibility index (Phi) is 3.53. The van der Waals surface area contributed by atoms with Crippen LogP contribution in [0.5, 0.6) is 11.5 Å². The molecule has 4 rings (SSSR count). The lowest BCUT2D eigenvalue weighted by molar-refractivity contribution is 0.171. The van der Waals surface area contributed by atoms with E-state index in [1.54, 1.807) is 24.3 Å². The summed E-state index contributed by atoms with van der Waals surface area (Å²) in [6.45, 7) is 0.847. The van der Waals surface area contributed by atoms with E-state index in [2.05, 4.69) is 5.16 Å². The minimum Gasteiger partial charge on any atom is -0.486 e. The monoisotopic (exact) mass is 347 g/mol. The molecular weight excluding hydrogens is 334 g/mol. The summed E-state index contributed by atoms with van der Waals surface area (Å²) >= 11 is 0. The highest BCUT2D eigenvalue weighted by atomic mass is 32.2. The molecule has 8 heteroatoms. The number of hydrogen-bond donors (Lipinski definition) is 0. The van der Waals surface area contributed by atoms with Gasteiger partial charge in [-0.2, -0.15) is 0 Å². The smallest absolute Gasteiger partial charge is 0.202 e. The van der Waals surface area contributed by atoms with Crippen LogP contribution in [0.1, 0.15) is 5.69 Å². The second-order valence-corrected chi connectivity index (χ2v) is 7.21. The number of nitrogens with zero attached hydrogens (tertiary/aromatic N) is 1. The van der Waals surface area contributed by atoms with Crippen LogP contribution in [-0.4, -0.2) is 26.8 Å². The fourth-order valence-electron chi connectivity index (χ4n) is 2.41. The fraction of sp³-hybridized carbons (Fsp3) is 0.188. The summed E-state index contributed by atoms with van der Waals surface area (Å²) in [5.41, 5.74) is 0.302. The fourth-order valence-corrected chi connectivity index (χ4v) is 3.66. The molecule has 0 unspecified atom stereocenters. The zero-order valence-electron chi connectivity index (χ0n) is 12.5. The van der Waals surface area contributed by atoms with E-state index < -0.39 is 9.84 Å². The molecule has 0 saturated carbocycles. The Labute approximate surface area is 137 Å². The van der Waals surface area contributed by atoms with Gasteiger partial charge in [0.1, 0.15) is 19.0 Å². The first-order valence-corrected chi connectivity index (χ1v) is 8.89. The Morgan fingerprint density at radius 2 is 1.83 bits per heavy atom. The van der Waals surface area contributed by atoms with Crippen LogP contribution in [0.25, 0.3) is 11.5 Å². The Morgan fingerprint density at radius 1 is 1.00 bits per heavy atom. The summed E-state index contributed by atoms with van der Waals surface area (Å²) in [6, 6.07) is 9.53. The summed E-state index contributed by atoms with van der Waals surface area (Å²) in [7, 11) is -3.59. The molecule has 1 aliphatic rings. The molecule has 0 radical (unpaired) electrons. The second-order valence-electron chi connectivity index (χ2n) is 5.22. The van der Waals surface area contributed by atoms with Gasteiger partial charge in [0.2, 0.25) is 5.76 Å². The van der Waals surface area contributed by atoms with Crippen molar-refractivity contribution >= 4 is 9.84 Å². The number of sulfone groups is 1. The number of hydrogen-bond acceptors (Lipinski definition) is 7. The number of rotatable bonds is 4. The van der Waals surface area contributed by atoms with Crippen LogP contribution in [0.15, 0.2) is 56.5 Å². The third-order valence-corrected chi connectivity index (χ3v) is 5.18. The zero-order valence-corrected chi connectivity index (χ0v) is 13.3. The third-order valence-electron chi connectivity index (χ3n) is 3.53. The predicted molar refractivity (Wildman–Crippen MR) is 82.5 cm³/mol. The molecule has 0 atom stereocenters. The summed E-state index contributed by atoms with van der Waals surface area (Å²) in [6.07, 6.45) is 1.50. The summed E-state index contributed by atoms with van der Waals surface area (Å²) in [4.78, 5) is 0.147. The average Bonchev–Trinajstić information content (AvgIpc) is 3.25. The summed E-state index contributed by atoms with van der Waals surface area (Å²) in [5, 5.41) is 3.80. The Bertz CT molecular complexity index is 958. The SMILES string of the molecule is O=S(=O)(Cc1cc(-c2ccco2)on1)c1ccc2c(c1)OCCO2. The normalized spacial score (nSPS) is 13.8. The molecule has 3 aromatic rings. The van der Waals surface area contributed by atoms with Crippen LogP contribution in [0.2, 0.25) is 0 Å². The molecule has 0 spiro atoms. The molecule has 0 aliphatic carbocycles. The van der Waals surface area contributed by atoms with E-state index in [4.69, 9.17) is 18.4 Å². The van der Waals surface area contributed by atoms with Gasteiger partial charge in [0, 0.05) is 12.1 Å². The van der Waals surface area contributed by atoms with Crippen LogP contribution < -0.4 is 9.47 Å². The van der Waals surface area contributed by atoms with Crippen molar-refractivity contribution in [3.8, 4) is 23.0 Å². The molecule has 7 nitrogen and oxygen atoms in total.